The second-order valence-corrected chi connectivity index (χ2v) is 20.0. The van der Waals surface area contributed by atoms with Gasteiger partial charge in [0.15, 0.2) is 12.3 Å². The fourth-order valence-corrected chi connectivity index (χ4v) is 11.7. The lowest BCUT2D eigenvalue weighted by Crippen LogP contribution is -2.38. The number of nitroso groups, excluding NO2 is 1. The van der Waals surface area contributed by atoms with Gasteiger partial charge in [0.05, 0.1) is 21.5 Å². The van der Waals surface area contributed by atoms with Crippen molar-refractivity contribution in [2.75, 3.05) is 56.5 Å². The zero-order chi connectivity index (χ0) is 50.1. The van der Waals surface area contributed by atoms with Gasteiger partial charge in [-0.3, -0.25) is 28.2 Å². The van der Waals surface area contributed by atoms with E-state index in [-0.39, 0.29) is 29.7 Å². The van der Waals surface area contributed by atoms with Crippen LogP contribution < -0.4 is 21.5 Å². The molecule has 1 unspecified atom stereocenters. The number of pyridine rings is 2. The van der Waals surface area contributed by atoms with Gasteiger partial charge in [0.25, 0.3) is 11.5 Å². The van der Waals surface area contributed by atoms with Gasteiger partial charge in [-0.05, 0) is 116 Å². The van der Waals surface area contributed by atoms with Crippen molar-refractivity contribution in [3.63, 3.8) is 0 Å². The first-order valence-corrected chi connectivity index (χ1v) is 25.1. The molecule has 2 fully saturated rings. The van der Waals surface area contributed by atoms with E-state index in [1.54, 1.807) is 40.4 Å². The number of halogens is 1. The Bertz CT molecular complexity index is 3550. The van der Waals surface area contributed by atoms with Crippen LogP contribution in [-0.4, -0.2) is 102 Å². The zero-order valence-corrected chi connectivity index (χ0v) is 41.4. The summed E-state index contributed by atoms with van der Waals surface area (Å²) in [5.41, 5.74) is 10.8. The number of benzene rings is 3. The van der Waals surface area contributed by atoms with Crippen molar-refractivity contribution in [2.24, 2.45) is 14.1 Å². The Morgan fingerprint density at radius 1 is 0.931 bits per heavy atom. The van der Waals surface area contributed by atoms with Crippen LogP contribution in [0.25, 0.3) is 33.3 Å². The minimum absolute atomic E-state index is 0.00949. The van der Waals surface area contributed by atoms with Gasteiger partial charge in [-0.1, -0.05) is 18.2 Å². The van der Waals surface area contributed by atoms with Crippen LogP contribution in [0.1, 0.15) is 101 Å². The Hall–Kier alpha value is -7.59. The third-order valence-corrected chi connectivity index (χ3v) is 15.9. The molecular weight excluding hydrogens is 912 g/mol. The molecule has 8 heterocycles. The molecule has 11 rings (SSSR count). The van der Waals surface area contributed by atoms with Crippen LogP contribution in [0, 0.1) is 17.6 Å². The number of carbonyl (C=O) groups excluding carboxylic acids is 2. The van der Waals surface area contributed by atoms with Gasteiger partial charge < -0.3 is 14.8 Å². The van der Waals surface area contributed by atoms with Gasteiger partial charge in [0, 0.05) is 128 Å². The molecule has 368 valence electrons. The van der Waals surface area contributed by atoms with E-state index in [9.17, 15) is 24.1 Å². The van der Waals surface area contributed by atoms with Crippen LogP contribution in [0.15, 0.2) is 101 Å². The molecule has 7 aromatic rings. The first-order valence-electron chi connectivity index (χ1n) is 25.1. The van der Waals surface area contributed by atoms with Crippen LogP contribution in [0.5, 0.6) is 0 Å². The van der Waals surface area contributed by atoms with Gasteiger partial charge in [0.2, 0.25) is 6.54 Å². The number of carbonyl (C=O) groups is 2. The van der Waals surface area contributed by atoms with Crippen molar-refractivity contribution in [1.29, 1.82) is 0 Å². The highest BCUT2D eigenvalue weighted by molar-refractivity contribution is 6.06. The molecule has 0 aliphatic carbocycles. The first-order chi connectivity index (χ1) is 34.7. The quantitative estimate of drug-likeness (QED) is 0.146. The summed E-state index contributed by atoms with van der Waals surface area (Å²) >= 11 is 0. The number of aromatic nitrogens is 5. The third kappa shape index (κ3) is 8.10. The molecule has 0 bridgehead atoms. The standard InChI is InChI=1S/C56H58FN10O5/c1-34-29-40(31-44(57)51(34)39-18-26-64(27-19-39)35(2)49-32-43-46(15-22-59-52(43)61(49)4)65-28-20-45-42(54(65)69)14-21-58-45)53(68)60(3)41-11-9-37(10-12-41)38-16-24-63(25-17-38)33-36-8-13-47-50(30-36)62(5)56(71)67(47)48-7-6-23-66(72)55(48)70/h8-13,15,18,20,22,28-33,35,38,48H,6-7,14,16-17,19,21,23-27H2,1-5H3/q+1/p+1/t35-,48?/m0/s1. The number of hydrogen-bond acceptors (Lipinski definition) is 8. The molecule has 0 saturated carbocycles. The number of fused-ring (bicyclic) bond motifs is 3. The fourth-order valence-electron chi connectivity index (χ4n) is 11.7. The zero-order valence-electron chi connectivity index (χ0n) is 41.4. The number of imidazole rings is 1. The molecule has 4 aliphatic rings. The number of nitrogens with zero attached hydrogens (tertiary/aromatic N) is 9. The number of piperidine rings is 2. The third-order valence-electron chi connectivity index (χ3n) is 15.9. The Morgan fingerprint density at radius 3 is 2.47 bits per heavy atom. The molecule has 0 spiro atoms. The van der Waals surface area contributed by atoms with Crippen LogP contribution in [0.4, 0.5) is 15.8 Å². The van der Waals surface area contributed by atoms with E-state index in [0.29, 0.717) is 65.1 Å². The number of hydrogen-bond donors (Lipinski definition) is 1. The summed E-state index contributed by atoms with van der Waals surface area (Å²) in [5, 5.41) is 4.20. The second kappa shape index (κ2) is 18.5. The summed E-state index contributed by atoms with van der Waals surface area (Å²) in [5.74, 6) is -0.905. The SMILES string of the molecule is Cc1cc(C(=O)N(C)c2ccc(C3CC[N+](=Cc4ccc5c(c4)n(C)c(=O)n5C4CCC[N+](=O)C4=O)CC3)cc2)cc(F)c1C1=CCN([C@@H](C)c2cc3c(-n4ccc5c(c4=O)CCN5)ccnc3n2C)CC1. The lowest BCUT2D eigenvalue weighted by molar-refractivity contribution is -0.534. The summed E-state index contributed by atoms with van der Waals surface area (Å²) in [6, 6.07) is 22.3. The second-order valence-electron chi connectivity index (χ2n) is 20.0. The van der Waals surface area contributed by atoms with E-state index < -0.39 is 17.8 Å². The average molecular weight is 971 g/mol. The Balaban J connectivity index is 0.722. The number of amides is 2. The lowest BCUT2D eigenvalue weighted by atomic mass is 9.89. The minimum Gasteiger partial charge on any atom is -0.384 e. The molecule has 2 amide bonds. The monoisotopic (exact) mass is 970 g/mol. The number of rotatable bonds is 9. The average Bonchev–Trinajstić information content (AvgIpc) is 4.08. The summed E-state index contributed by atoms with van der Waals surface area (Å²) in [6.45, 7) is 8.00. The first kappa shape index (κ1) is 46.8. The molecule has 2 atom stereocenters. The van der Waals surface area contributed by atoms with Crippen molar-refractivity contribution in [3.05, 3.63) is 162 Å². The molecule has 16 heteroatoms. The fraction of sp³-hybridized carbons (Fsp3) is 0.357. The molecular formula is C56H59FN10O5+2. The predicted molar refractivity (Wildman–Crippen MR) is 277 cm³/mol. The van der Waals surface area contributed by atoms with Crippen LogP contribution >= 0.6 is 0 Å². The van der Waals surface area contributed by atoms with Gasteiger partial charge in [-0.25, -0.2) is 23.5 Å². The van der Waals surface area contributed by atoms with Crippen LogP contribution in [-0.2, 0) is 25.3 Å². The maximum absolute atomic E-state index is 16.2. The lowest BCUT2D eigenvalue weighted by Gasteiger charge is -2.32. The summed E-state index contributed by atoms with van der Waals surface area (Å²) in [6.07, 6.45) is 12.1. The van der Waals surface area contributed by atoms with E-state index in [1.165, 1.54) is 16.2 Å². The van der Waals surface area contributed by atoms with Crippen molar-refractivity contribution >= 4 is 57.0 Å². The van der Waals surface area contributed by atoms with E-state index in [1.807, 2.05) is 62.6 Å². The Kier molecular flexibility index (Phi) is 12.0. The van der Waals surface area contributed by atoms with E-state index in [0.717, 1.165) is 95.1 Å². The largest absolute Gasteiger partial charge is 0.455 e. The maximum atomic E-state index is 16.2. The van der Waals surface area contributed by atoms with Crippen molar-refractivity contribution in [2.45, 2.75) is 70.4 Å². The summed E-state index contributed by atoms with van der Waals surface area (Å²) in [7, 11) is 5.44. The smallest absolute Gasteiger partial charge is 0.384 e. The van der Waals surface area contributed by atoms with Gasteiger partial charge in [-0.15, -0.1) is 0 Å². The minimum atomic E-state index is -0.786. The van der Waals surface area contributed by atoms with Crippen LogP contribution in [0.3, 0.4) is 0 Å². The van der Waals surface area contributed by atoms with Gasteiger partial charge in [0.1, 0.15) is 24.6 Å². The summed E-state index contributed by atoms with van der Waals surface area (Å²) < 4.78 is 25.8. The molecule has 2 saturated heterocycles. The highest BCUT2D eigenvalue weighted by Crippen LogP contribution is 2.36. The molecule has 15 nitrogen and oxygen atoms in total. The molecule has 72 heavy (non-hydrogen) atoms. The summed E-state index contributed by atoms with van der Waals surface area (Å²) in [4.78, 5) is 74.1. The Labute approximate surface area is 415 Å². The van der Waals surface area contributed by atoms with Crippen molar-refractivity contribution in [1.82, 2.24) is 28.2 Å². The van der Waals surface area contributed by atoms with Gasteiger partial charge >= 0.3 is 11.6 Å². The number of aryl methyl sites for hydroxylation is 3. The van der Waals surface area contributed by atoms with E-state index >= 15 is 4.39 Å². The topological polar surface area (TPSA) is 142 Å². The Morgan fingerprint density at radius 2 is 1.72 bits per heavy atom. The van der Waals surface area contributed by atoms with E-state index in [2.05, 4.69) is 56.8 Å². The number of anilines is 2. The highest BCUT2D eigenvalue weighted by Gasteiger charge is 2.40. The normalized spacial score (nSPS) is 18.9. The molecule has 0 radical (unpaired) electrons. The van der Waals surface area contributed by atoms with Crippen LogP contribution in [0.2, 0.25) is 0 Å². The molecule has 3 aromatic carbocycles. The number of nitrogens with one attached hydrogen (secondary N) is 1. The molecule has 4 aliphatic heterocycles. The molecule has 4 aromatic heterocycles. The van der Waals surface area contributed by atoms with E-state index in [4.69, 9.17) is 4.98 Å². The molecule has 1 N–H and O–H groups in total. The predicted octanol–water partition coefficient (Wildman–Crippen LogP) is 7.57. The highest BCUT2D eigenvalue weighted by atomic mass is 19.1. The van der Waals surface area contributed by atoms with Crippen molar-refractivity contribution in [3.8, 4) is 5.69 Å². The van der Waals surface area contributed by atoms with Gasteiger partial charge in [-0.2, -0.15) is 0 Å². The maximum Gasteiger partial charge on any atom is 0.455 e. The van der Waals surface area contributed by atoms with Crippen molar-refractivity contribution < 1.29 is 23.3 Å².